The van der Waals surface area contributed by atoms with Gasteiger partial charge in [0, 0.05) is 12.4 Å². The molecule has 3 heteroatoms. The molecule has 8 atom stereocenters. The van der Waals surface area contributed by atoms with E-state index < -0.39 is 0 Å². The second-order valence-corrected chi connectivity index (χ2v) is 12.3. The monoisotopic (exact) mass is 573 g/mol. The van der Waals surface area contributed by atoms with Crippen molar-refractivity contribution in [2.45, 2.75) is 160 Å². The Kier molecular flexibility index (Phi) is 20.6. The van der Waals surface area contributed by atoms with E-state index in [0.717, 1.165) is 35.5 Å². The van der Waals surface area contributed by atoms with Crippen LogP contribution in [-0.4, -0.2) is 16.0 Å². The number of fused-ring (bicyclic) bond motifs is 5. The lowest BCUT2D eigenvalue weighted by Gasteiger charge is -2.62. The molecular formula is C38H72N2O. The van der Waals surface area contributed by atoms with E-state index in [9.17, 15) is 4.79 Å². The molecule has 0 spiro atoms. The van der Waals surface area contributed by atoms with Crippen molar-refractivity contribution in [2.75, 3.05) is 0 Å². The molecule has 41 heavy (non-hydrogen) atoms. The second-order valence-electron chi connectivity index (χ2n) is 12.3. The van der Waals surface area contributed by atoms with Gasteiger partial charge in [-0.05, 0) is 111 Å². The van der Waals surface area contributed by atoms with Crippen molar-refractivity contribution in [2.24, 2.45) is 46.3 Å². The summed E-state index contributed by atoms with van der Waals surface area (Å²) in [5.74, 6) is 6.25. The first-order chi connectivity index (χ1) is 20.0. The number of rotatable bonds is 6. The third-order valence-corrected chi connectivity index (χ3v) is 11.1. The smallest absolute Gasteiger partial charge is 0.218 e. The Morgan fingerprint density at radius 3 is 2.07 bits per heavy atom. The molecule has 0 aliphatic heterocycles. The molecule has 0 bridgehead atoms. The van der Waals surface area contributed by atoms with E-state index in [4.69, 9.17) is 0 Å². The van der Waals surface area contributed by atoms with E-state index in [2.05, 4.69) is 38.4 Å². The lowest BCUT2D eigenvalue weighted by Crippen LogP contribution is -2.55. The number of nitrogens with zero attached hydrogens (tertiary/aromatic N) is 2. The van der Waals surface area contributed by atoms with Gasteiger partial charge in [0.15, 0.2) is 0 Å². The lowest BCUT2D eigenvalue weighted by molar-refractivity contribution is -0.135. The topological polar surface area (TPSA) is 34.9 Å². The van der Waals surface area contributed by atoms with Crippen LogP contribution in [0.3, 0.4) is 0 Å². The highest BCUT2D eigenvalue weighted by Gasteiger charge is 2.60. The van der Waals surface area contributed by atoms with E-state index in [-0.39, 0.29) is 0 Å². The number of carbonyl (C=O) groups is 1. The fraction of sp³-hybridized carbons (Fsp3) is 0.842. The molecule has 3 nitrogen and oxygen atoms in total. The molecule has 0 amide bonds. The van der Waals surface area contributed by atoms with Gasteiger partial charge in [0.05, 0.1) is 0 Å². The van der Waals surface area contributed by atoms with Gasteiger partial charge in [-0.3, -0.25) is 9.36 Å². The summed E-state index contributed by atoms with van der Waals surface area (Å²) in [5.41, 5.74) is 1.35. The van der Waals surface area contributed by atoms with Gasteiger partial charge in [-0.15, -0.1) is 6.58 Å². The lowest BCUT2D eigenvalue weighted by atomic mass is 9.42. The molecule has 4 aliphatic carbocycles. The van der Waals surface area contributed by atoms with Crippen LogP contribution in [0.2, 0.25) is 0 Å². The Labute approximate surface area is 257 Å². The van der Waals surface area contributed by atoms with Gasteiger partial charge in [-0.25, -0.2) is 4.98 Å². The van der Waals surface area contributed by atoms with Crippen LogP contribution < -0.4 is 0 Å². The largest absolute Gasteiger partial charge is 0.279 e. The van der Waals surface area contributed by atoms with Crippen LogP contribution >= 0.6 is 0 Å². The van der Waals surface area contributed by atoms with E-state index in [0.29, 0.717) is 17.2 Å². The summed E-state index contributed by atoms with van der Waals surface area (Å²) in [4.78, 5) is 13.4. The summed E-state index contributed by atoms with van der Waals surface area (Å²) < 4.78 is 1.33. The van der Waals surface area contributed by atoms with Crippen molar-refractivity contribution in [1.82, 2.24) is 9.55 Å². The molecule has 240 valence electrons. The van der Waals surface area contributed by atoms with Crippen LogP contribution in [0.15, 0.2) is 31.4 Å². The Morgan fingerprint density at radius 2 is 1.54 bits per heavy atom. The number of allylic oxidation sites excluding steroid dienone is 1. The SMILES string of the molecule is C=CCCCC1CCC2C3C[C@H](CC)C4CCCCC4(C)[C@H]3CCC12C.CC.CC.CC.CC.O=Cn1ccnc1. The molecule has 0 radical (unpaired) electrons. The maximum Gasteiger partial charge on any atom is 0.218 e. The summed E-state index contributed by atoms with van der Waals surface area (Å²) in [5, 5.41) is 0. The van der Waals surface area contributed by atoms with Gasteiger partial charge in [-0.1, -0.05) is 101 Å². The highest BCUT2D eigenvalue weighted by Crippen LogP contribution is 2.69. The number of aromatic nitrogens is 2. The number of hydrogen-bond donors (Lipinski definition) is 0. The van der Waals surface area contributed by atoms with Crippen molar-refractivity contribution in [3.63, 3.8) is 0 Å². The summed E-state index contributed by atoms with van der Waals surface area (Å²) in [6.07, 6.45) is 26.8. The fourth-order valence-electron chi connectivity index (χ4n) is 9.44. The maximum atomic E-state index is 9.79. The molecule has 4 aliphatic rings. The Bertz CT molecular complexity index is 773. The highest BCUT2D eigenvalue weighted by atomic mass is 16.1. The Morgan fingerprint density at radius 1 is 0.878 bits per heavy atom. The minimum Gasteiger partial charge on any atom is -0.279 e. The number of imidazole rings is 1. The van der Waals surface area contributed by atoms with Crippen LogP contribution in [0.25, 0.3) is 0 Å². The first kappa shape index (κ1) is 39.6. The third kappa shape index (κ3) is 9.56. The summed E-state index contributed by atoms with van der Waals surface area (Å²) in [6, 6.07) is 0. The average molecular weight is 573 g/mol. The predicted octanol–water partition coefficient (Wildman–Crippen LogP) is 12.1. The van der Waals surface area contributed by atoms with Gasteiger partial charge >= 0.3 is 0 Å². The first-order valence-corrected chi connectivity index (χ1v) is 18.0. The van der Waals surface area contributed by atoms with Gasteiger partial charge < -0.3 is 0 Å². The number of carbonyl (C=O) groups excluding carboxylic acids is 1. The van der Waals surface area contributed by atoms with Crippen LogP contribution in [0.5, 0.6) is 0 Å². The molecule has 0 N–H and O–H groups in total. The van der Waals surface area contributed by atoms with Crippen molar-refractivity contribution in [3.8, 4) is 0 Å². The zero-order chi connectivity index (χ0) is 31.5. The van der Waals surface area contributed by atoms with Crippen LogP contribution in [0.4, 0.5) is 0 Å². The van der Waals surface area contributed by atoms with Crippen LogP contribution in [-0.2, 0) is 4.79 Å². The molecule has 4 fully saturated rings. The van der Waals surface area contributed by atoms with Gasteiger partial charge in [-0.2, -0.15) is 0 Å². The highest BCUT2D eigenvalue weighted by molar-refractivity contribution is 5.50. The molecule has 0 aromatic carbocycles. The summed E-state index contributed by atoms with van der Waals surface area (Å²) in [7, 11) is 0. The number of hydrogen-bond acceptors (Lipinski definition) is 2. The molecule has 5 rings (SSSR count). The molecule has 1 aromatic heterocycles. The molecule has 4 saturated carbocycles. The van der Waals surface area contributed by atoms with Crippen molar-refractivity contribution >= 4 is 6.41 Å². The van der Waals surface area contributed by atoms with Crippen molar-refractivity contribution in [1.29, 1.82) is 0 Å². The van der Waals surface area contributed by atoms with Crippen molar-refractivity contribution in [3.05, 3.63) is 31.4 Å². The van der Waals surface area contributed by atoms with Gasteiger partial charge in [0.2, 0.25) is 6.41 Å². The Balaban J connectivity index is 0.000000897. The molecular weight excluding hydrogens is 500 g/mol. The normalized spacial score (nSPS) is 34.1. The maximum absolute atomic E-state index is 9.79. The summed E-state index contributed by atoms with van der Waals surface area (Å²) >= 11 is 0. The zero-order valence-electron chi connectivity index (χ0n) is 29.6. The van der Waals surface area contributed by atoms with Crippen molar-refractivity contribution < 1.29 is 4.79 Å². The average Bonchev–Trinajstić information content (AvgIpc) is 3.69. The fourth-order valence-corrected chi connectivity index (χ4v) is 9.44. The quantitative estimate of drug-likeness (QED) is 0.193. The van der Waals surface area contributed by atoms with E-state index in [1.807, 2.05) is 55.4 Å². The van der Waals surface area contributed by atoms with Gasteiger partial charge in [0.1, 0.15) is 6.33 Å². The first-order valence-electron chi connectivity index (χ1n) is 18.0. The molecule has 1 aromatic rings. The minimum absolute atomic E-state index is 0.665. The second kappa shape index (κ2) is 21.3. The molecule has 0 saturated heterocycles. The van der Waals surface area contributed by atoms with Crippen LogP contribution in [0.1, 0.15) is 160 Å². The zero-order valence-corrected chi connectivity index (χ0v) is 29.6. The van der Waals surface area contributed by atoms with E-state index in [1.54, 1.807) is 44.5 Å². The molecule has 6 unspecified atom stereocenters. The van der Waals surface area contributed by atoms with Crippen LogP contribution in [0, 0.1) is 46.3 Å². The third-order valence-electron chi connectivity index (χ3n) is 11.1. The molecule has 1 heterocycles. The Hall–Kier alpha value is -1.38. The van der Waals surface area contributed by atoms with Gasteiger partial charge in [0.25, 0.3) is 0 Å². The minimum atomic E-state index is 0.665. The predicted molar refractivity (Wildman–Crippen MR) is 183 cm³/mol. The number of unbranched alkanes of at least 4 members (excludes halogenated alkanes) is 1. The summed E-state index contributed by atoms with van der Waals surface area (Å²) in [6.45, 7) is 27.9. The van der Waals surface area contributed by atoms with E-state index >= 15 is 0 Å². The standard InChI is InChI=1S/C26H44.C4H4N2O.4C2H6/c1-5-7-8-11-20-13-14-23-21-18-19(6-2)22-12-9-10-16-26(22,4)24(21)15-17-25(20,23)3;7-4-6-2-1-5-3-6;4*1-2/h5,19-24H,1,6-18H2,2-4H3;1-4H;4*1-2H3/t19-,20?,21?,22?,23?,24-,25?,26?;;;;;/m0...../s1. The van der Waals surface area contributed by atoms with E-state index in [1.165, 1.54) is 62.3 Å².